The molecular formula is C21H18ClNO2. The second kappa shape index (κ2) is 7.41. The van der Waals surface area contributed by atoms with Crippen LogP contribution in [0.1, 0.15) is 16.7 Å². The van der Waals surface area contributed by atoms with Gasteiger partial charge in [0.2, 0.25) is 0 Å². The Morgan fingerprint density at radius 2 is 1.60 bits per heavy atom. The molecule has 0 amide bonds. The number of aryl methyl sites for hydroxylation is 2. The Balaban J connectivity index is 1.72. The second-order valence-electron chi connectivity index (χ2n) is 5.81. The molecule has 0 spiro atoms. The maximum absolute atomic E-state index is 9.82. The Morgan fingerprint density at radius 3 is 2.24 bits per heavy atom. The zero-order chi connectivity index (χ0) is 17.8. The number of phenols is 1. The highest BCUT2D eigenvalue weighted by atomic mass is 35.5. The van der Waals surface area contributed by atoms with Crippen molar-refractivity contribution in [3.8, 4) is 17.2 Å². The molecule has 0 unspecified atom stereocenters. The maximum Gasteiger partial charge on any atom is 0.128 e. The molecule has 25 heavy (non-hydrogen) atoms. The lowest BCUT2D eigenvalue weighted by Crippen LogP contribution is -1.87. The van der Waals surface area contributed by atoms with Crippen molar-refractivity contribution in [1.29, 1.82) is 0 Å². The van der Waals surface area contributed by atoms with Crippen LogP contribution in [0.2, 0.25) is 5.02 Å². The van der Waals surface area contributed by atoms with Crippen molar-refractivity contribution in [3.63, 3.8) is 0 Å². The SMILES string of the molecule is Cc1cc(C=Nc2ccc(Oc3cccc(Cl)c3)cc2)cc(C)c1O. The summed E-state index contributed by atoms with van der Waals surface area (Å²) in [4.78, 5) is 4.47. The van der Waals surface area contributed by atoms with Crippen LogP contribution in [0.3, 0.4) is 0 Å². The van der Waals surface area contributed by atoms with Gasteiger partial charge in [-0.15, -0.1) is 0 Å². The average Bonchev–Trinajstić information content (AvgIpc) is 2.59. The van der Waals surface area contributed by atoms with Crippen molar-refractivity contribution >= 4 is 23.5 Å². The quantitative estimate of drug-likeness (QED) is 0.568. The molecule has 1 N–H and O–H groups in total. The lowest BCUT2D eigenvalue weighted by atomic mass is 10.1. The molecule has 0 aliphatic rings. The van der Waals surface area contributed by atoms with E-state index in [4.69, 9.17) is 16.3 Å². The number of phenolic OH excluding ortho intramolecular Hbond substituents is 1. The van der Waals surface area contributed by atoms with Gasteiger partial charge in [-0.2, -0.15) is 0 Å². The minimum Gasteiger partial charge on any atom is -0.507 e. The second-order valence-corrected chi connectivity index (χ2v) is 6.25. The summed E-state index contributed by atoms with van der Waals surface area (Å²) >= 11 is 5.95. The van der Waals surface area contributed by atoms with Crippen molar-refractivity contribution in [1.82, 2.24) is 0 Å². The molecule has 3 aromatic rings. The van der Waals surface area contributed by atoms with Crippen LogP contribution in [-0.2, 0) is 0 Å². The summed E-state index contributed by atoms with van der Waals surface area (Å²) in [7, 11) is 0. The summed E-state index contributed by atoms with van der Waals surface area (Å²) in [5, 5.41) is 10.5. The molecule has 0 aromatic heterocycles. The Bertz CT molecular complexity index is 894. The number of halogens is 1. The number of hydrogen-bond acceptors (Lipinski definition) is 3. The molecular weight excluding hydrogens is 334 g/mol. The van der Waals surface area contributed by atoms with E-state index in [0.717, 1.165) is 28.1 Å². The van der Waals surface area contributed by atoms with Gasteiger partial charge in [-0.1, -0.05) is 17.7 Å². The van der Waals surface area contributed by atoms with E-state index in [-0.39, 0.29) is 0 Å². The fraction of sp³-hybridized carbons (Fsp3) is 0.0952. The maximum atomic E-state index is 9.82. The van der Waals surface area contributed by atoms with E-state index in [1.165, 1.54) is 0 Å². The average molecular weight is 352 g/mol. The van der Waals surface area contributed by atoms with E-state index in [1.807, 2.05) is 62.4 Å². The third kappa shape index (κ3) is 4.40. The van der Waals surface area contributed by atoms with Crippen LogP contribution in [-0.4, -0.2) is 11.3 Å². The van der Waals surface area contributed by atoms with Gasteiger partial charge in [0, 0.05) is 11.2 Å². The van der Waals surface area contributed by atoms with E-state index in [1.54, 1.807) is 18.3 Å². The van der Waals surface area contributed by atoms with E-state index in [0.29, 0.717) is 16.5 Å². The van der Waals surface area contributed by atoms with E-state index in [2.05, 4.69) is 4.99 Å². The fourth-order valence-electron chi connectivity index (χ4n) is 2.48. The first-order valence-electron chi connectivity index (χ1n) is 7.89. The van der Waals surface area contributed by atoms with Crippen LogP contribution < -0.4 is 4.74 Å². The topological polar surface area (TPSA) is 41.8 Å². The van der Waals surface area contributed by atoms with E-state index < -0.39 is 0 Å². The Labute approximate surface area is 152 Å². The van der Waals surface area contributed by atoms with Crippen LogP contribution in [0, 0.1) is 13.8 Å². The zero-order valence-electron chi connectivity index (χ0n) is 14.0. The molecule has 3 nitrogen and oxygen atoms in total. The van der Waals surface area contributed by atoms with Crippen LogP contribution >= 0.6 is 11.6 Å². The predicted octanol–water partition coefficient (Wildman–Crippen LogP) is 6.21. The van der Waals surface area contributed by atoms with Crippen LogP contribution in [0.4, 0.5) is 5.69 Å². The molecule has 0 atom stereocenters. The third-order valence-electron chi connectivity index (χ3n) is 3.74. The van der Waals surface area contributed by atoms with Crippen molar-refractivity contribution < 1.29 is 9.84 Å². The standard InChI is InChI=1S/C21H18ClNO2/c1-14-10-16(11-15(2)21(14)24)13-23-18-6-8-19(9-7-18)25-20-5-3-4-17(22)12-20/h3-13,24H,1-2H3. The third-order valence-corrected chi connectivity index (χ3v) is 3.98. The van der Waals surface area contributed by atoms with Gasteiger partial charge < -0.3 is 9.84 Å². The van der Waals surface area contributed by atoms with Gasteiger partial charge in [0.05, 0.1) is 5.69 Å². The molecule has 0 saturated heterocycles. The number of aromatic hydroxyl groups is 1. The first kappa shape index (κ1) is 17.1. The molecule has 0 bridgehead atoms. The van der Waals surface area contributed by atoms with Gasteiger partial charge in [0.25, 0.3) is 0 Å². The lowest BCUT2D eigenvalue weighted by Gasteiger charge is -2.06. The largest absolute Gasteiger partial charge is 0.507 e. The summed E-state index contributed by atoms with van der Waals surface area (Å²) in [5.41, 5.74) is 3.45. The van der Waals surface area contributed by atoms with Crippen molar-refractivity contribution in [3.05, 3.63) is 82.4 Å². The summed E-state index contributed by atoms with van der Waals surface area (Å²) in [6.07, 6.45) is 1.78. The van der Waals surface area contributed by atoms with Crippen LogP contribution in [0.15, 0.2) is 65.7 Å². The van der Waals surface area contributed by atoms with Gasteiger partial charge in [0.1, 0.15) is 17.2 Å². The zero-order valence-corrected chi connectivity index (χ0v) is 14.8. The molecule has 0 aliphatic carbocycles. The molecule has 3 rings (SSSR count). The molecule has 0 fully saturated rings. The van der Waals surface area contributed by atoms with E-state index >= 15 is 0 Å². The number of rotatable bonds is 4. The number of nitrogens with zero attached hydrogens (tertiary/aromatic N) is 1. The number of aliphatic imine (C=N–C) groups is 1. The summed E-state index contributed by atoms with van der Waals surface area (Å²) in [6, 6.07) is 18.6. The van der Waals surface area contributed by atoms with Crippen LogP contribution in [0.5, 0.6) is 17.2 Å². The molecule has 0 saturated carbocycles. The van der Waals surface area contributed by atoms with E-state index in [9.17, 15) is 5.11 Å². The fourth-order valence-corrected chi connectivity index (χ4v) is 2.66. The van der Waals surface area contributed by atoms with Crippen molar-refractivity contribution in [2.45, 2.75) is 13.8 Å². The van der Waals surface area contributed by atoms with Crippen molar-refractivity contribution in [2.75, 3.05) is 0 Å². The molecule has 0 radical (unpaired) electrons. The smallest absolute Gasteiger partial charge is 0.128 e. The Kier molecular flexibility index (Phi) is 5.05. The lowest BCUT2D eigenvalue weighted by molar-refractivity contribution is 0.467. The predicted molar refractivity (Wildman–Crippen MR) is 103 cm³/mol. The summed E-state index contributed by atoms with van der Waals surface area (Å²) in [6.45, 7) is 3.75. The monoisotopic (exact) mass is 351 g/mol. The number of hydrogen-bond donors (Lipinski definition) is 1. The highest BCUT2D eigenvalue weighted by Gasteiger charge is 2.02. The van der Waals surface area contributed by atoms with Gasteiger partial charge in [-0.05, 0) is 85.1 Å². The molecule has 0 heterocycles. The van der Waals surface area contributed by atoms with Crippen molar-refractivity contribution in [2.24, 2.45) is 4.99 Å². The Hall–Kier alpha value is -2.78. The molecule has 4 heteroatoms. The first-order valence-corrected chi connectivity index (χ1v) is 8.27. The highest BCUT2D eigenvalue weighted by molar-refractivity contribution is 6.30. The van der Waals surface area contributed by atoms with Gasteiger partial charge >= 0.3 is 0 Å². The highest BCUT2D eigenvalue weighted by Crippen LogP contribution is 2.26. The minimum atomic E-state index is 0.333. The minimum absolute atomic E-state index is 0.333. The van der Waals surface area contributed by atoms with Gasteiger partial charge in [-0.3, -0.25) is 4.99 Å². The molecule has 126 valence electrons. The summed E-state index contributed by atoms with van der Waals surface area (Å²) in [5.74, 6) is 1.75. The normalized spacial score (nSPS) is 11.0. The number of benzene rings is 3. The number of ether oxygens (including phenoxy) is 1. The molecule has 0 aliphatic heterocycles. The molecule has 3 aromatic carbocycles. The van der Waals surface area contributed by atoms with Gasteiger partial charge in [0.15, 0.2) is 0 Å². The first-order chi connectivity index (χ1) is 12.0. The van der Waals surface area contributed by atoms with Gasteiger partial charge in [-0.25, -0.2) is 0 Å². The Morgan fingerprint density at radius 1 is 0.920 bits per heavy atom. The summed E-state index contributed by atoms with van der Waals surface area (Å²) < 4.78 is 5.76. The van der Waals surface area contributed by atoms with Crippen LogP contribution in [0.25, 0.3) is 0 Å².